The minimum atomic E-state index is -0.534. The average molecular weight is 340 g/mol. The fraction of sp³-hybridized carbons (Fsp3) is 0.333. The predicted molar refractivity (Wildman–Crippen MR) is 97.5 cm³/mol. The van der Waals surface area contributed by atoms with Gasteiger partial charge in [-0.15, -0.1) is 0 Å². The van der Waals surface area contributed by atoms with Gasteiger partial charge in [-0.3, -0.25) is 0 Å². The molecule has 0 amide bonds. The SMILES string of the molecule is Cc1cccc(-c2[nH]c3c(F)cc(F)cc3c2C2CC(CCN)C2)c1. The van der Waals surface area contributed by atoms with Gasteiger partial charge in [0.25, 0.3) is 0 Å². The maximum Gasteiger partial charge on any atom is 0.150 e. The first-order chi connectivity index (χ1) is 12.1. The van der Waals surface area contributed by atoms with Gasteiger partial charge >= 0.3 is 0 Å². The Hall–Kier alpha value is -2.20. The molecule has 4 heteroatoms. The summed E-state index contributed by atoms with van der Waals surface area (Å²) in [5.74, 6) is -0.127. The Morgan fingerprint density at radius 2 is 1.96 bits per heavy atom. The number of benzene rings is 2. The van der Waals surface area contributed by atoms with Gasteiger partial charge < -0.3 is 10.7 Å². The number of rotatable bonds is 4. The number of aromatic amines is 1. The second-order valence-corrected chi connectivity index (χ2v) is 7.21. The lowest BCUT2D eigenvalue weighted by Gasteiger charge is -2.36. The van der Waals surface area contributed by atoms with E-state index in [1.165, 1.54) is 6.07 Å². The highest BCUT2D eigenvalue weighted by molar-refractivity contribution is 5.92. The van der Waals surface area contributed by atoms with E-state index < -0.39 is 11.6 Å². The largest absolute Gasteiger partial charge is 0.352 e. The molecule has 0 aliphatic heterocycles. The normalized spacial score (nSPS) is 20.0. The van der Waals surface area contributed by atoms with Gasteiger partial charge in [-0.25, -0.2) is 8.78 Å². The number of hydrogen-bond acceptors (Lipinski definition) is 1. The zero-order valence-electron chi connectivity index (χ0n) is 14.3. The van der Waals surface area contributed by atoms with E-state index in [4.69, 9.17) is 5.73 Å². The third-order valence-electron chi connectivity index (χ3n) is 5.39. The lowest BCUT2D eigenvalue weighted by Crippen LogP contribution is -2.24. The van der Waals surface area contributed by atoms with Crippen molar-refractivity contribution in [2.24, 2.45) is 11.7 Å². The smallest absolute Gasteiger partial charge is 0.150 e. The van der Waals surface area contributed by atoms with E-state index in [0.717, 1.165) is 47.7 Å². The number of fused-ring (bicyclic) bond motifs is 1. The van der Waals surface area contributed by atoms with Crippen molar-refractivity contribution in [2.45, 2.75) is 32.1 Å². The summed E-state index contributed by atoms with van der Waals surface area (Å²) >= 11 is 0. The molecule has 0 radical (unpaired) electrons. The lowest BCUT2D eigenvalue weighted by molar-refractivity contribution is 0.253. The Labute approximate surface area is 146 Å². The number of hydrogen-bond donors (Lipinski definition) is 2. The van der Waals surface area contributed by atoms with Crippen LogP contribution in [0.25, 0.3) is 22.2 Å². The van der Waals surface area contributed by atoms with E-state index >= 15 is 0 Å². The number of halogens is 2. The molecular weight excluding hydrogens is 318 g/mol. The van der Waals surface area contributed by atoms with Crippen molar-refractivity contribution in [3.8, 4) is 11.3 Å². The van der Waals surface area contributed by atoms with Crippen molar-refractivity contribution >= 4 is 10.9 Å². The van der Waals surface area contributed by atoms with E-state index in [0.29, 0.717) is 29.3 Å². The summed E-state index contributed by atoms with van der Waals surface area (Å²) < 4.78 is 28.2. The van der Waals surface area contributed by atoms with Crippen LogP contribution in [-0.4, -0.2) is 11.5 Å². The number of aromatic nitrogens is 1. The average Bonchev–Trinajstić information content (AvgIpc) is 2.90. The molecule has 0 atom stereocenters. The molecule has 0 unspecified atom stereocenters. The third kappa shape index (κ3) is 2.85. The number of nitrogens with one attached hydrogen (secondary N) is 1. The quantitative estimate of drug-likeness (QED) is 0.668. The van der Waals surface area contributed by atoms with Gasteiger partial charge in [-0.2, -0.15) is 0 Å². The van der Waals surface area contributed by atoms with Crippen LogP contribution in [0.15, 0.2) is 36.4 Å². The van der Waals surface area contributed by atoms with Crippen LogP contribution in [0.1, 0.15) is 36.3 Å². The zero-order valence-corrected chi connectivity index (χ0v) is 14.3. The van der Waals surface area contributed by atoms with E-state index in [1.807, 2.05) is 25.1 Å². The fourth-order valence-electron chi connectivity index (χ4n) is 4.14. The van der Waals surface area contributed by atoms with Crippen LogP contribution < -0.4 is 5.73 Å². The summed E-state index contributed by atoms with van der Waals surface area (Å²) in [4.78, 5) is 3.23. The number of nitrogens with two attached hydrogens (primary N) is 1. The molecule has 2 aromatic carbocycles. The first kappa shape index (κ1) is 16.3. The molecule has 3 N–H and O–H groups in total. The van der Waals surface area contributed by atoms with Gasteiger partial charge in [-0.05, 0) is 67.8 Å². The highest BCUT2D eigenvalue weighted by atomic mass is 19.1. The van der Waals surface area contributed by atoms with Crippen molar-refractivity contribution in [3.63, 3.8) is 0 Å². The molecule has 25 heavy (non-hydrogen) atoms. The summed E-state index contributed by atoms with van der Waals surface area (Å²) in [6.07, 6.45) is 3.07. The molecule has 3 aromatic rings. The second-order valence-electron chi connectivity index (χ2n) is 7.21. The van der Waals surface area contributed by atoms with E-state index in [-0.39, 0.29) is 0 Å². The van der Waals surface area contributed by atoms with Gasteiger partial charge in [-0.1, -0.05) is 23.8 Å². The van der Waals surface area contributed by atoms with E-state index in [2.05, 4.69) is 11.1 Å². The van der Waals surface area contributed by atoms with Crippen molar-refractivity contribution in [2.75, 3.05) is 6.54 Å². The highest BCUT2D eigenvalue weighted by Crippen LogP contribution is 2.49. The van der Waals surface area contributed by atoms with Crippen LogP contribution in [0.3, 0.4) is 0 Å². The predicted octanol–water partition coefficient (Wildman–Crippen LogP) is 5.26. The second kappa shape index (κ2) is 6.26. The van der Waals surface area contributed by atoms with Crippen molar-refractivity contribution < 1.29 is 8.78 Å². The zero-order chi connectivity index (χ0) is 17.6. The molecule has 0 spiro atoms. The van der Waals surface area contributed by atoms with Gasteiger partial charge in [0.2, 0.25) is 0 Å². The van der Waals surface area contributed by atoms with Crippen LogP contribution in [0.4, 0.5) is 8.78 Å². The van der Waals surface area contributed by atoms with Gasteiger partial charge in [0.1, 0.15) is 11.6 Å². The molecule has 1 aromatic heterocycles. The highest BCUT2D eigenvalue weighted by Gasteiger charge is 2.34. The first-order valence-corrected chi connectivity index (χ1v) is 8.84. The molecular formula is C21H22F2N2. The lowest BCUT2D eigenvalue weighted by atomic mass is 9.69. The molecule has 1 fully saturated rings. The van der Waals surface area contributed by atoms with Crippen molar-refractivity contribution in [1.82, 2.24) is 4.98 Å². The van der Waals surface area contributed by atoms with Crippen LogP contribution in [0, 0.1) is 24.5 Å². The molecule has 1 aliphatic rings. The molecule has 4 rings (SSSR count). The van der Waals surface area contributed by atoms with Crippen LogP contribution in [0.2, 0.25) is 0 Å². The Morgan fingerprint density at radius 1 is 1.16 bits per heavy atom. The third-order valence-corrected chi connectivity index (χ3v) is 5.39. The molecule has 2 nitrogen and oxygen atoms in total. The Morgan fingerprint density at radius 3 is 2.68 bits per heavy atom. The van der Waals surface area contributed by atoms with Crippen molar-refractivity contribution in [3.05, 3.63) is 59.2 Å². The van der Waals surface area contributed by atoms with Gasteiger partial charge in [0.05, 0.1) is 11.2 Å². The topological polar surface area (TPSA) is 41.8 Å². The summed E-state index contributed by atoms with van der Waals surface area (Å²) in [7, 11) is 0. The Bertz CT molecular complexity index is 923. The van der Waals surface area contributed by atoms with E-state index in [9.17, 15) is 8.78 Å². The summed E-state index contributed by atoms with van der Waals surface area (Å²) in [6.45, 7) is 2.73. The van der Waals surface area contributed by atoms with Gasteiger partial charge in [0.15, 0.2) is 0 Å². The van der Waals surface area contributed by atoms with Crippen LogP contribution >= 0.6 is 0 Å². The van der Waals surface area contributed by atoms with Crippen LogP contribution in [-0.2, 0) is 0 Å². The molecule has 0 saturated heterocycles. The molecule has 1 saturated carbocycles. The monoisotopic (exact) mass is 340 g/mol. The van der Waals surface area contributed by atoms with Gasteiger partial charge in [0, 0.05) is 11.5 Å². The Balaban J connectivity index is 1.87. The summed E-state index contributed by atoms with van der Waals surface area (Å²) in [5, 5.41) is 0.671. The summed E-state index contributed by atoms with van der Waals surface area (Å²) in [6, 6.07) is 10.5. The maximum atomic E-state index is 14.3. The van der Waals surface area contributed by atoms with Crippen LogP contribution in [0.5, 0.6) is 0 Å². The minimum Gasteiger partial charge on any atom is -0.352 e. The van der Waals surface area contributed by atoms with E-state index in [1.54, 1.807) is 0 Å². The molecule has 0 bridgehead atoms. The number of aryl methyl sites for hydroxylation is 1. The Kier molecular flexibility index (Phi) is 4.08. The maximum absolute atomic E-state index is 14.3. The molecule has 1 aliphatic carbocycles. The fourth-order valence-corrected chi connectivity index (χ4v) is 4.14. The number of H-pyrrole nitrogens is 1. The standard InChI is InChI=1S/C21H22F2N2/c1-12-3-2-4-14(7-12)20-19(15-8-13(9-15)5-6-24)17-10-16(22)11-18(23)21(17)25-20/h2-4,7,10-11,13,15,25H,5-6,8-9,24H2,1H3. The minimum absolute atomic E-state index is 0.321. The molecule has 130 valence electrons. The van der Waals surface area contributed by atoms with Crippen molar-refractivity contribution in [1.29, 1.82) is 0 Å². The first-order valence-electron chi connectivity index (χ1n) is 8.84. The molecule has 1 heterocycles. The summed E-state index contributed by atoms with van der Waals surface area (Å²) in [5.41, 5.74) is 10.2.